The quantitative estimate of drug-likeness (QED) is 0.0660. The van der Waals surface area contributed by atoms with Crippen LogP contribution in [0.15, 0.2) is 16.6 Å². The van der Waals surface area contributed by atoms with Gasteiger partial charge >= 0.3 is 51.4 Å². The first-order chi connectivity index (χ1) is 12.0. The molecule has 0 aromatic rings. The summed E-state index contributed by atoms with van der Waals surface area (Å²) in [5, 5.41) is 43.1. The molecule has 0 spiro atoms. The minimum absolute atomic E-state index is 0. The van der Waals surface area contributed by atoms with E-state index in [9.17, 15) is 32.5 Å². The van der Waals surface area contributed by atoms with Crippen molar-refractivity contribution in [3.05, 3.63) is 11.5 Å². The van der Waals surface area contributed by atoms with Gasteiger partial charge in [0.1, 0.15) is 34.9 Å². The van der Waals surface area contributed by atoms with E-state index in [1.807, 2.05) is 0 Å². The van der Waals surface area contributed by atoms with E-state index >= 15 is 0 Å². The van der Waals surface area contributed by atoms with Gasteiger partial charge in [-0.3, -0.25) is 8.49 Å². The molecule has 0 aromatic heterocycles. The Hall–Kier alpha value is 1.06. The molecule has 0 aromatic carbocycles. The Bertz CT molecular complexity index is 641. The second-order valence-electron chi connectivity index (χ2n) is 5.19. The molecule has 1 unspecified atom stereocenters. The van der Waals surface area contributed by atoms with E-state index in [-0.39, 0.29) is 69.3 Å². The maximum atomic E-state index is 11.0. The van der Waals surface area contributed by atoms with Crippen molar-refractivity contribution in [1.29, 1.82) is 0 Å². The molecule has 11 nitrogen and oxygen atoms in total. The van der Waals surface area contributed by atoms with E-state index in [1.165, 1.54) is 17.7 Å². The first-order valence-electron chi connectivity index (χ1n) is 7.22. The second-order valence-corrected chi connectivity index (χ2v) is 8.60. The molecule has 1 rings (SSSR count). The minimum atomic E-state index is -5.10. The standard InChI is InChI=1S/C12H21NO10S3.K/c1-25(18)5-3-2-4-8(13-23-26(19,20)21)24-12-11(17)10(16)9(15)7(6-14)22-12;/h3,5,7,9-12,14-17H,2,4,6H2,1H3,(H,19,20,21);/q;+1/p-1/b5-3+,13-8+;/t7-,9-,10+,11-,12+,25?;/m1./s1. The molecule has 4 N–H and O–H groups in total. The Labute approximate surface area is 206 Å². The van der Waals surface area contributed by atoms with E-state index in [0.717, 1.165) is 0 Å². The molecule has 0 aliphatic carbocycles. The van der Waals surface area contributed by atoms with Crippen LogP contribution in [0, 0.1) is 0 Å². The van der Waals surface area contributed by atoms with Crippen molar-refractivity contribution in [1.82, 2.24) is 0 Å². The number of thioether (sulfide) groups is 1. The van der Waals surface area contributed by atoms with Gasteiger partial charge in [-0.15, -0.1) is 0 Å². The molecule has 6 atom stereocenters. The summed E-state index contributed by atoms with van der Waals surface area (Å²) in [6, 6.07) is 0. The van der Waals surface area contributed by atoms with Crippen LogP contribution >= 0.6 is 11.8 Å². The number of nitrogens with zero attached hydrogens (tertiary/aromatic N) is 1. The van der Waals surface area contributed by atoms with Crippen LogP contribution in [0.3, 0.4) is 0 Å². The average Bonchev–Trinajstić information content (AvgIpc) is 2.55. The van der Waals surface area contributed by atoms with Gasteiger partial charge < -0.3 is 29.7 Å². The molecule has 15 heteroatoms. The van der Waals surface area contributed by atoms with Crippen LogP contribution in [0.2, 0.25) is 0 Å². The maximum absolute atomic E-state index is 11.0. The van der Waals surface area contributed by atoms with E-state index in [4.69, 9.17) is 9.84 Å². The van der Waals surface area contributed by atoms with E-state index in [0.29, 0.717) is 11.8 Å². The third-order valence-corrected chi connectivity index (χ3v) is 5.15. The first kappa shape index (κ1) is 28.1. The summed E-state index contributed by atoms with van der Waals surface area (Å²) in [4.78, 5) is 0. The van der Waals surface area contributed by atoms with Crippen LogP contribution in [0.5, 0.6) is 0 Å². The van der Waals surface area contributed by atoms with Gasteiger partial charge in [-0.2, -0.15) is 8.42 Å². The average molecular weight is 474 g/mol. The number of allylic oxidation sites excluding steroid dienone is 1. The van der Waals surface area contributed by atoms with Crippen LogP contribution in [0.1, 0.15) is 12.8 Å². The smallest absolute Gasteiger partial charge is 0.714 e. The Morgan fingerprint density at radius 1 is 1.33 bits per heavy atom. The second kappa shape index (κ2) is 13.4. The molecule has 0 bridgehead atoms. The molecule has 1 saturated heterocycles. The number of rotatable bonds is 8. The van der Waals surface area contributed by atoms with E-state index in [2.05, 4.69) is 9.44 Å². The van der Waals surface area contributed by atoms with Crippen LogP contribution in [0.25, 0.3) is 0 Å². The number of hydrogen-bond donors (Lipinski definition) is 4. The minimum Gasteiger partial charge on any atom is -0.714 e. The van der Waals surface area contributed by atoms with Gasteiger partial charge in [-0.25, -0.2) is 0 Å². The van der Waals surface area contributed by atoms with Gasteiger partial charge in [0.2, 0.25) is 0 Å². The fraction of sp³-hybridized carbons (Fsp3) is 0.750. The van der Waals surface area contributed by atoms with Gasteiger partial charge in [0.15, 0.2) is 0 Å². The van der Waals surface area contributed by atoms with Crippen LogP contribution < -0.4 is 51.4 Å². The van der Waals surface area contributed by atoms with Crippen molar-refractivity contribution in [3.63, 3.8) is 0 Å². The van der Waals surface area contributed by atoms with Crippen LogP contribution in [0.4, 0.5) is 0 Å². The molecule has 0 amide bonds. The summed E-state index contributed by atoms with van der Waals surface area (Å²) >= 11 is 0.656. The predicted molar refractivity (Wildman–Crippen MR) is 92.0 cm³/mol. The van der Waals surface area contributed by atoms with Crippen LogP contribution in [-0.4, -0.2) is 85.4 Å². The van der Waals surface area contributed by atoms with Gasteiger partial charge in [0, 0.05) is 23.5 Å². The zero-order valence-electron chi connectivity index (χ0n) is 14.6. The number of ether oxygens (including phenoxy) is 1. The third-order valence-electron chi connectivity index (χ3n) is 3.14. The summed E-state index contributed by atoms with van der Waals surface area (Å²) in [5.74, 6) is 0. The van der Waals surface area contributed by atoms with Crippen LogP contribution in [-0.2, 0) is 30.2 Å². The zero-order valence-corrected chi connectivity index (χ0v) is 20.1. The molecule has 0 radical (unpaired) electrons. The van der Waals surface area contributed by atoms with Crippen molar-refractivity contribution >= 4 is 38.0 Å². The monoisotopic (exact) mass is 473 g/mol. The number of aliphatic hydroxyl groups excluding tert-OH is 4. The summed E-state index contributed by atoms with van der Waals surface area (Å²) in [5.41, 5.74) is -1.22. The van der Waals surface area contributed by atoms with E-state index in [1.54, 1.807) is 0 Å². The maximum Gasteiger partial charge on any atom is 1.00 e. The molecule has 1 aliphatic rings. The van der Waals surface area contributed by atoms with Gasteiger partial charge in [0.05, 0.1) is 6.61 Å². The van der Waals surface area contributed by atoms with Crippen molar-refractivity contribution in [2.45, 2.75) is 42.7 Å². The van der Waals surface area contributed by atoms with Crippen molar-refractivity contribution in [2.75, 3.05) is 12.9 Å². The summed E-state index contributed by atoms with van der Waals surface area (Å²) < 4.78 is 51.8. The zero-order chi connectivity index (χ0) is 19.9. The molecule has 27 heavy (non-hydrogen) atoms. The molecule has 1 aliphatic heterocycles. The first-order valence-corrected chi connectivity index (χ1v) is 11.1. The summed E-state index contributed by atoms with van der Waals surface area (Å²) in [6.07, 6.45) is -2.62. The van der Waals surface area contributed by atoms with Gasteiger partial charge in [0.25, 0.3) is 10.4 Å². The fourth-order valence-corrected chi connectivity index (χ4v) is 3.64. The number of hydrogen-bond acceptors (Lipinski definition) is 12. The third kappa shape index (κ3) is 10.6. The Kier molecular flexibility index (Phi) is 13.9. The Morgan fingerprint density at radius 3 is 2.48 bits per heavy atom. The fourth-order valence-electron chi connectivity index (χ4n) is 1.92. The summed E-state index contributed by atoms with van der Waals surface area (Å²) in [7, 11) is -6.29. The SMILES string of the molecule is CS(=O)/C=C/CC/C(=N\OS(=O)(=O)[O-])S[C@@H]1O[C@H](CO)[C@@H](O)[C@H](O)[C@H]1O.[K+]. The van der Waals surface area contributed by atoms with Crippen molar-refractivity contribution in [2.24, 2.45) is 5.16 Å². The molecule has 152 valence electrons. The predicted octanol–water partition coefficient (Wildman–Crippen LogP) is -5.01. The topological polar surface area (TPSA) is 186 Å². The van der Waals surface area contributed by atoms with Crippen molar-refractivity contribution < 1.29 is 98.0 Å². The molecular weight excluding hydrogens is 453 g/mol. The number of aliphatic hydroxyl groups is 4. The normalized spacial score (nSPS) is 30.7. The molecule has 1 heterocycles. The van der Waals surface area contributed by atoms with Gasteiger partial charge in [-0.05, 0) is 11.8 Å². The molecular formula is C12H20KNO10S3. The van der Waals surface area contributed by atoms with Crippen molar-refractivity contribution in [3.8, 4) is 0 Å². The Balaban J connectivity index is 0.00000676. The van der Waals surface area contributed by atoms with E-state index < -0.39 is 57.7 Å². The Morgan fingerprint density at radius 2 is 1.96 bits per heavy atom. The van der Waals surface area contributed by atoms with Gasteiger partial charge in [-0.1, -0.05) is 23.0 Å². The molecule has 1 fully saturated rings. The molecule has 0 saturated carbocycles. The number of oxime groups is 1. The summed E-state index contributed by atoms with van der Waals surface area (Å²) in [6.45, 7) is -0.634. The largest absolute Gasteiger partial charge is 1.00 e.